The van der Waals surface area contributed by atoms with Gasteiger partial charge in [0, 0.05) is 11.8 Å². The van der Waals surface area contributed by atoms with Crippen molar-refractivity contribution in [3.8, 4) is 0 Å². The van der Waals surface area contributed by atoms with E-state index in [9.17, 15) is 13.0 Å². The Bertz CT molecular complexity index is 857. The van der Waals surface area contributed by atoms with Crippen molar-refractivity contribution in [3.63, 3.8) is 0 Å². The lowest BCUT2D eigenvalue weighted by molar-refractivity contribution is -0.114. The van der Waals surface area contributed by atoms with Crippen molar-refractivity contribution in [3.05, 3.63) is 0 Å². The van der Waals surface area contributed by atoms with Gasteiger partial charge in [-0.2, -0.15) is 8.42 Å². The molecule has 4 aliphatic carbocycles. The monoisotopic (exact) mass is 482 g/mol. The molecule has 1 heterocycles. The minimum absolute atomic E-state index is 0.0992. The highest BCUT2D eigenvalue weighted by atomic mass is 32.3. The zero-order valence-corrected chi connectivity index (χ0v) is 22.2. The van der Waals surface area contributed by atoms with Crippen LogP contribution >= 0.6 is 0 Å². The molecule has 5 fully saturated rings. The van der Waals surface area contributed by atoms with Crippen LogP contribution in [-0.4, -0.2) is 30.8 Å². The van der Waals surface area contributed by atoms with E-state index in [-0.39, 0.29) is 17.1 Å². The zero-order chi connectivity index (χ0) is 23.8. The fourth-order valence-corrected chi connectivity index (χ4v) is 10.4. The van der Waals surface area contributed by atoms with E-state index in [0.29, 0.717) is 24.2 Å². The Morgan fingerprint density at radius 2 is 1.79 bits per heavy atom. The molecule has 1 spiro atoms. The normalized spacial score (nSPS) is 49.7. The van der Waals surface area contributed by atoms with Gasteiger partial charge in [0.15, 0.2) is 0 Å². The van der Waals surface area contributed by atoms with E-state index in [4.69, 9.17) is 8.92 Å². The van der Waals surface area contributed by atoms with E-state index in [2.05, 4.69) is 34.6 Å². The van der Waals surface area contributed by atoms with Gasteiger partial charge in [-0.25, -0.2) is 4.18 Å². The van der Waals surface area contributed by atoms with E-state index < -0.39 is 16.5 Å². The molecule has 0 aromatic heterocycles. The van der Waals surface area contributed by atoms with Gasteiger partial charge in [0.2, 0.25) is 0 Å². The molecule has 190 valence electrons. The molecule has 33 heavy (non-hydrogen) atoms. The predicted molar refractivity (Wildman–Crippen MR) is 129 cm³/mol. The maximum atomic E-state index is 11.3. The van der Waals surface area contributed by atoms with Gasteiger partial charge in [0.25, 0.3) is 0 Å². The summed E-state index contributed by atoms with van der Waals surface area (Å²) in [6.07, 6.45) is 12.6. The van der Waals surface area contributed by atoms with Crippen LogP contribution in [-0.2, 0) is 19.3 Å². The Balaban J connectivity index is 1.31. The summed E-state index contributed by atoms with van der Waals surface area (Å²) in [6.45, 7) is 12.3. The van der Waals surface area contributed by atoms with Crippen LogP contribution in [0.2, 0.25) is 0 Å². The molecule has 7 unspecified atom stereocenters. The van der Waals surface area contributed by atoms with E-state index in [0.717, 1.165) is 42.4 Å². The zero-order valence-electron chi connectivity index (χ0n) is 21.4. The molecule has 0 aromatic rings. The highest BCUT2D eigenvalue weighted by molar-refractivity contribution is 7.80. The lowest BCUT2D eigenvalue weighted by atomic mass is 9.44. The predicted octanol–water partition coefficient (Wildman–Crippen LogP) is 6.43. The molecule has 0 aromatic carbocycles. The average Bonchev–Trinajstić information content (AvgIpc) is 3.27. The second-order valence-corrected chi connectivity index (χ2v) is 14.5. The molecule has 0 amide bonds. The standard InChI is InChI=1S/C27H46O5S/c1-17(2)7-6-8-18(3)21-9-10-22-20-15-24-27(31-24)16-19(32-33(28,29)30)11-14-26(27,5)23(20)12-13-25(21,22)4/h17-24H,6-16H2,1-5H3,(H,28,29,30)/t18?,19-,20?,21?,22?,23?,24?,25+,26+,27?/m0/s1. The fraction of sp³-hybridized carbons (Fsp3) is 1.00. The van der Waals surface area contributed by atoms with Gasteiger partial charge in [-0.05, 0) is 85.9 Å². The van der Waals surface area contributed by atoms with Crippen LogP contribution < -0.4 is 0 Å². The molecular weight excluding hydrogens is 436 g/mol. The maximum Gasteiger partial charge on any atom is 0.397 e. The van der Waals surface area contributed by atoms with Crippen LogP contribution in [0.5, 0.6) is 0 Å². The number of hydrogen-bond donors (Lipinski definition) is 1. The first-order valence-corrected chi connectivity index (χ1v) is 15.1. The highest BCUT2D eigenvalue weighted by Crippen LogP contribution is 2.74. The Labute approximate surface area is 201 Å². The Hall–Kier alpha value is -0.170. The summed E-state index contributed by atoms with van der Waals surface area (Å²) in [7, 11) is -4.41. The largest absolute Gasteiger partial charge is 0.397 e. The lowest BCUT2D eigenvalue weighted by Gasteiger charge is -2.59. The quantitative estimate of drug-likeness (QED) is 0.334. The molecule has 5 nitrogen and oxygen atoms in total. The third kappa shape index (κ3) is 3.94. The van der Waals surface area contributed by atoms with Crippen LogP contribution in [0, 0.1) is 46.3 Å². The topological polar surface area (TPSA) is 76.1 Å². The molecule has 4 saturated carbocycles. The molecule has 1 N–H and O–H groups in total. The lowest BCUT2D eigenvalue weighted by Crippen LogP contribution is -2.59. The van der Waals surface area contributed by atoms with E-state index in [1.165, 1.54) is 44.9 Å². The minimum atomic E-state index is -4.41. The second-order valence-electron chi connectivity index (χ2n) is 13.4. The third-order valence-electron chi connectivity index (χ3n) is 11.5. The first-order valence-electron chi connectivity index (χ1n) is 13.7. The van der Waals surface area contributed by atoms with Gasteiger partial charge in [0.05, 0.1) is 12.2 Å². The molecule has 0 radical (unpaired) electrons. The van der Waals surface area contributed by atoms with E-state index >= 15 is 0 Å². The number of rotatable bonds is 7. The van der Waals surface area contributed by atoms with Crippen molar-refractivity contribution in [2.45, 2.75) is 123 Å². The van der Waals surface area contributed by atoms with Crippen molar-refractivity contribution in [1.82, 2.24) is 0 Å². The van der Waals surface area contributed by atoms with E-state index in [1.807, 2.05) is 0 Å². The van der Waals surface area contributed by atoms with Crippen molar-refractivity contribution < 1.29 is 21.9 Å². The molecule has 1 saturated heterocycles. The third-order valence-corrected chi connectivity index (χ3v) is 12.0. The van der Waals surface area contributed by atoms with E-state index in [1.54, 1.807) is 0 Å². The molecule has 5 rings (SSSR count). The summed E-state index contributed by atoms with van der Waals surface area (Å²) in [4.78, 5) is 0. The van der Waals surface area contributed by atoms with Crippen LogP contribution in [0.3, 0.4) is 0 Å². The van der Waals surface area contributed by atoms with Crippen molar-refractivity contribution >= 4 is 10.4 Å². The van der Waals surface area contributed by atoms with Gasteiger partial charge in [-0.15, -0.1) is 0 Å². The first kappa shape index (κ1) is 24.5. The van der Waals surface area contributed by atoms with Crippen LogP contribution in [0.4, 0.5) is 0 Å². The fourth-order valence-electron chi connectivity index (χ4n) is 9.92. The molecular formula is C27H46O5S. The number of hydrogen-bond acceptors (Lipinski definition) is 4. The minimum Gasteiger partial charge on any atom is -0.365 e. The van der Waals surface area contributed by atoms with Crippen molar-refractivity contribution in [2.24, 2.45) is 46.3 Å². The molecule has 0 bridgehead atoms. The summed E-state index contributed by atoms with van der Waals surface area (Å²) in [6, 6.07) is 0. The van der Waals surface area contributed by atoms with Gasteiger partial charge < -0.3 is 4.74 Å². The van der Waals surface area contributed by atoms with Crippen molar-refractivity contribution in [1.29, 1.82) is 0 Å². The first-order chi connectivity index (χ1) is 15.4. The number of ether oxygens (including phenoxy) is 1. The molecule has 1 aliphatic heterocycles. The maximum absolute atomic E-state index is 11.3. The summed E-state index contributed by atoms with van der Waals surface area (Å²) in [5, 5.41) is 0. The summed E-state index contributed by atoms with van der Waals surface area (Å²) < 4.78 is 43.4. The summed E-state index contributed by atoms with van der Waals surface area (Å²) in [5.74, 6) is 4.68. The van der Waals surface area contributed by atoms with Crippen LogP contribution in [0.25, 0.3) is 0 Å². The second kappa shape index (κ2) is 8.18. The van der Waals surface area contributed by atoms with Gasteiger partial charge >= 0.3 is 10.4 Å². The van der Waals surface area contributed by atoms with Crippen LogP contribution in [0.15, 0.2) is 0 Å². The molecule has 5 aliphatic rings. The Kier molecular flexibility index (Phi) is 6.08. The van der Waals surface area contributed by atoms with Gasteiger partial charge in [-0.3, -0.25) is 4.55 Å². The average molecular weight is 483 g/mol. The smallest absolute Gasteiger partial charge is 0.365 e. The molecule has 10 atom stereocenters. The van der Waals surface area contributed by atoms with Gasteiger partial charge in [-0.1, -0.05) is 53.9 Å². The number of fused-ring (bicyclic) bond motifs is 4. The number of epoxide rings is 1. The van der Waals surface area contributed by atoms with Crippen LogP contribution in [0.1, 0.15) is 105 Å². The summed E-state index contributed by atoms with van der Waals surface area (Å²) >= 11 is 0. The Morgan fingerprint density at radius 3 is 2.48 bits per heavy atom. The Morgan fingerprint density at radius 1 is 1.03 bits per heavy atom. The SMILES string of the molecule is CC(C)CCCC(C)C1CCC2C3CC4OC45C[C@@H](OS(=O)(=O)O)CC[C@]5(C)C3CC[C@]12C. The summed E-state index contributed by atoms with van der Waals surface area (Å²) in [5.41, 5.74) is 0.328. The van der Waals surface area contributed by atoms with Crippen molar-refractivity contribution in [2.75, 3.05) is 0 Å². The molecule has 6 heteroatoms. The van der Waals surface area contributed by atoms with Gasteiger partial charge in [0.1, 0.15) is 5.60 Å². The highest BCUT2D eigenvalue weighted by Gasteiger charge is 2.76.